The maximum Gasteiger partial charge on any atom is 0.214 e. The summed E-state index contributed by atoms with van der Waals surface area (Å²) in [4.78, 5) is 12.5. The van der Waals surface area contributed by atoms with Crippen LogP contribution in [0.25, 0.3) is 0 Å². The van der Waals surface area contributed by atoms with Crippen molar-refractivity contribution in [2.45, 2.75) is 30.0 Å². The summed E-state index contributed by atoms with van der Waals surface area (Å²) in [5, 5.41) is 0.707. The summed E-state index contributed by atoms with van der Waals surface area (Å²) in [6.45, 7) is 2.57. The number of hydrogen-bond donors (Lipinski definition) is 0. The van der Waals surface area contributed by atoms with Crippen molar-refractivity contribution in [2.24, 2.45) is 0 Å². The molecule has 1 aromatic carbocycles. The predicted molar refractivity (Wildman–Crippen MR) is 78.7 cm³/mol. The molecule has 19 heavy (non-hydrogen) atoms. The maximum absolute atomic E-state index is 12.5. The number of ether oxygens (including phenoxy) is 1. The van der Waals surface area contributed by atoms with Gasteiger partial charge in [-0.1, -0.05) is 39.7 Å². The van der Waals surface area contributed by atoms with Gasteiger partial charge in [-0.05, 0) is 43.0 Å². The minimum absolute atomic E-state index is 0.0348. The number of Topliss-reactive ketones (excluding diaryl/α,β-unsaturated/α-hetero) is 1. The second kappa shape index (κ2) is 4.64. The maximum atomic E-state index is 12.5. The van der Waals surface area contributed by atoms with E-state index in [9.17, 15) is 4.79 Å². The van der Waals surface area contributed by atoms with Crippen molar-refractivity contribution in [1.29, 1.82) is 0 Å². The van der Waals surface area contributed by atoms with Crippen molar-refractivity contribution < 1.29 is 9.53 Å². The molecule has 2 aliphatic rings. The number of halogens is 2. The number of rotatable bonds is 1. The van der Waals surface area contributed by atoms with Gasteiger partial charge in [-0.25, -0.2) is 0 Å². The van der Waals surface area contributed by atoms with E-state index in [1.54, 1.807) is 0 Å². The van der Waals surface area contributed by atoms with Gasteiger partial charge < -0.3 is 4.74 Å². The number of allylic oxidation sites excluding steroid dienone is 2. The van der Waals surface area contributed by atoms with Crippen LogP contribution in [-0.2, 0) is 9.53 Å². The quantitative estimate of drug-likeness (QED) is 0.715. The van der Waals surface area contributed by atoms with Gasteiger partial charge in [-0.3, -0.25) is 4.79 Å². The minimum Gasteiger partial charge on any atom is -0.490 e. The van der Waals surface area contributed by atoms with Crippen LogP contribution in [0.4, 0.5) is 0 Å². The van der Waals surface area contributed by atoms with E-state index in [4.69, 9.17) is 16.3 Å². The van der Waals surface area contributed by atoms with E-state index in [1.807, 2.05) is 31.2 Å². The first-order chi connectivity index (χ1) is 9.01. The molecule has 0 bridgehead atoms. The summed E-state index contributed by atoms with van der Waals surface area (Å²) in [7, 11) is 0. The van der Waals surface area contributed by atoms with Crippen molar-refractivity contribution >= 4 is 33.3 Å². The monoisotopic (exact) mass is 340 g/mol. The highest BCUT2D eigenvalue weighted by molar-refractivity contribution is 9.10. The van der Waals surface area contributed by atoms with Gasteiger partial charge in [0.2, 0.25) is 5.78 Å². The fourth-order valence-corrected chi connectivity index (χ4v) is 3.83. The van der Waals surface area contributed by atoms with Crippen LogP contribution in [0.15, 0.2) is 35.6 Å². The van der Waals surface area contributed by atoms with Crippen LogP contribution in [0.1, 0.15) is 31.2 Å². The average molecular weight is 342 g/mol. The van der Waals surface area contributed by atoms with Crippen molar-refractivity contribution in [2.75, 3.05) is 6.61 Å². The number of carbonyl (C=O) groups excluding carboxylic acids is 1. The molecule has 0 saturated carbocycles. The highest BCUT2D eigenvalue weighted by Crippen LogP contribution is 2.52. The lowest BCUT2D eigenvalue weighted by Gasteiger charge is -2.26. The summed E-state index contributed by atoms with van der Waals surface area (Å²) in [6.07, 6.45) is 1.90. The molecule has 1 aliphatic heterocycles. The van der Waals surface area contributed by atoms with E-state index >= 15 is 0 Å². The summed E-state index contributed by atoms with van der Waals surface area (Å²) in [6, 6.07) is 7.72. The number of ketones is 1. The van der Waals surface area contributed by atoms with Crippen LogP contribution in [0, 0.1) is 0 Å². The van der Waals surface area contributed by atoms with E-state index in [0.717, 1.165) is 24.0 Å². The van der Waals surface area contributed by atoms with Gasteiger partial charge in [0.1, 0.15) is 0 Å². The number of carbonyl (C=O) groups is 1. The van der Waals surface area contributed by atoms with Crippen LogP contribution in [0.2, 0.25) is 5.02 Å². The van der Waals surface area contributed by atoms with Gasteiger partial charge >= 0.3 is 0 Å². The SMILES string of the molecule is C[C@]1(Br)C(=O)C2=C(CCCO2)[C@@H]1c1ccc(Cl)cc1. The fourth-order valence-electron chi connectivity index (χ4n) is 2.98. The van der Waals surface area contributed by atoms with E-state index in [1.165, 1.54) is 0 Å². The molecule has 0 saturated heterocycles. The van der Waals surface area contributed by atoms with Gasteiger partial charge in [0.25, 0.3) is 0 Å². The van der Waals surface area contributed by atoms with Crippen LogP contribution in [-0.4, -0.2) is 16.7 Å². The molecule has 2 atom stereocenters. The van der Waals surface area contributed by atoms with Crippen LogP contribution in [0.3, 0.4) is 0 Å². The Bertz CT molecular complexity index is 560. The molecule has 0 unspecified atom stereocenters. The lowest BCUT2D eigenvalue weighted by Crippen LogP contribution is -2.30. The summed E-state index contributed by atoms with van der Waals surface area (Å²) in [5.41, 5.74) is 2.23. The zero-order valence-corrected chi connectivity index (χ0v) is 12.9. The van der Waals surface area contributed by atoms with Crippen LogP contribution >= 0.6 is 27.5 Å². The lowest BCUT2D eigenvalue weighted by atomic mass is 9.84. The van der Waals surface area contributed by atoms with Crippen LogP contribution < -0.4 is 0 Å². The number of alkyl halides is 1. The van der Waals surface area contributed by atoms with Gasteiger partial charge in [0.05, 0.1) is 10.9 Å². The van der Waals surface area contributed by atoms with E-state index in [-0.39, 0.29) is 11.7 Å². The van der Waals surface area contributed by atoms with Gasteiger partial charge in [0, 0.05) is 10.9 Å². The Morgan fingerprint density at radius 1 is 1.37 bits per heavy atom. The Labute approximate surface area is 125 Å². The van der Waals surface area contributed by atoms with Crippen molar-refractivity contribution in [3.8, 4) is 0 Å². The number of hydrogen-bond acceptors (Lipinski definition) is 2. The summed E-state index contributed by atoms with van der Waals surface area (Å²) in [5.74, 6) is 0.667. The molecule has 0 spiro atoms. The molecule has 0 N–H and O–H groups in total. The van der Waals surface area contributed by atoms with E-state index < -0.39 is 4.32 Å². The molecule has 0 aromatic heterocycles. The summed E-state index contributed by atoms with van der Waals surface area (Å²) < 4.78 is 4.98. The highest BCUT2D eigenvalue weighted by Gasteiger charge is 2.52. The van der Waals surface area contributed by atoms with Crippen molar-refractivity contribution in [3.63, 3.8) is 0 Å². The first-order valence-corrected chi connectivity index (χ1v) is 7.54. The first-order valence-electron chi connectivity index (χ1n) is 6.37. The molecule has 0 fully saturated rings. The molecule has 3 rings (SSSR count). The van der Waals surface area contributed by atoms with Gasteiger partial charge in [-0.15, -0.1) is 0 Å². The number of benzene rings is 1. The molecule has 0 radical (unpaired) electrons. The molecule has 1 aromatic rings. The molecule has 4 heteroatoms. The predicted octanol–water partition coefficient (Wildman–Crippen LogP) is 4.22. The molecular formula is C15H14BrClO2. The standard InChI is InChI=1S/C15H14BrClO2/c1-15(16)12(9-4-6-10(17)7-5-9)11-3-2-8-19-13(11)14(15)18/h4-7,12H,2-3,8H2,1H3/t12-,15+/m0/s1. The minimum atomic E-state index is -0.615. The molecule has 0 amide bonds. The largest absolute Gasteiger partial charge is 0.490 e. The van der Waals surface area contributed by atoms with Crippen molar-refractivity contribution in [3.05, 3.63) is 46.2 Å². The molecular weight excluding hydrogens is 328 g/mol. The fraction of sp³-hybridized carbons (Fsp3) is 0.400. The van der Waals surface area contributed by atoms with E-state index in [0.29, 0.717) is 17.4 Å². The first kappa shape index (κ1) is 13.2. The third-order valence-electron chi connectivity index (χ3n) is 3.87. The zero-order chi connectivity index (χ0) is 13.6. The topological polar surface area (TPSA) is 26.3 Å². The Kier molecular flexibility index (Phi) is 3.22. The third kappa shape index (κ3) is 2.03. The lowest BCUT2D eigenvalue weighted by molar-refractivity contribution is -0.119. The molecule has 2 nitrogen and oxygen atoms in total. The average Bonchev–Trinajstić information content (AvgIpc) is 2.60. The highest BCUT2D eigenvalue weighted by atomic mass is 79.9. The Morgan fingerprint density at radius 3 is 2.74 bits per heavy atom. The third-order valence-corrected chi connectivity index (χ3v) is 4.94. The van der Waals surface area contributed by atoms with Gasteiger partial charge in [-0.2, -0.15) is 0 Å². The Hall–Kier alpha value is -0.800. The second-order valence-corrected chi connectivity index (χ2v) is 7.28. The second-order valence-electron chi connectivity index (χ2n) is 5.20. The Morgan fingerprint density at radius 2 is 2.05 bits per heavy atom. The molecule has 1 aliphatic carbocycles. The van der Waals surface area contributed by atoms with Crippen LogP contribution in [0.5, 0.6) is 0 Å². The molecule has 100 valence electrons. The summed E-state index contributed by atoms with van der Waals surface area (Å²) >= 11 is 9.56. The van der Waals surface area contributed by atoms with E-state index in [2.05, 4.69) is 15.9 Å². The zero-order valence-electron chi connectivity index (χ0n) is 10.6. The van der Waals surface area contributed by atoms with Gasteiger partial charge in [0.15, 0.2) is 5.76 Å². The van der Waals surface area contributed by atoms with Crippen molar-refractivity contribution in [1.82, 2.24) is 0 Å². The normalized spacial score (nSPS) is 30.3. The molecule has 1 heterocycles. The smallest absolute Gasteiger partial charge is 0.214 e. The Balaban J connectivity index is 2.10.